The molecule has 0 spiro atoms. The Morgan fingerprint density at radius 1 is 1.22 bits per heavy atom. The molecule has 1 aromatic carbocycles. The molecule has 1 rings (SSSR count). The Balaban J connectivity index is 2.88. The lowest BCUT2D eigenvalue weighted by Gasteiger charge is -2.08. The lowest BCUT2D eigenvalue weighted by atomic mass is 10.3. The van der Waals surface area contributed by atoms with Crippen LogP contribution in [0.1, 0.15) is 12.8 Å². The van der Waals surface area contributed by atoms with Crippen LogP contribution >= 0.6 is 15.9 Å². The summed E-state index contributed by atoms with van der Waals surface area (Å²) in [6, 6.07) is 1.43. The number of unbranched alkanes of at least 4 members (excludes halogenated alkanes) is 1. The second-order valence-electron chi connectivity index (χ2n) is 3.59. The van der Waals surface area contributed by atoms with E-state index in [-0.39, 0.29) is 11.0 Å². The Labute approximate surface area is 113 Å². The number of hydrogen-bond acceptors (Lipinski definition) is 3. The summed E-state index contributed by atoms with van der Waals surface area (Å²) < 4.78 is 52.0. The van der Waals surface area contributed by atoms with E-state index in [9.17, 15) is 17.2 Å². The van der Waals surface area contributed by atoms with Gasteiger partial charge in [-0.25, -0.2) is 21.9 Å². The quantitative estimate of drug-likeness (QED) is 0.611. The monoisotopic (exact) mass is 342 g/mol. The minimum Gasteiger partial charge on any atom is -0.330 e. The molecule has 0 aromatic heterocycles. The van der Waals surface area contributed by atoms with Gasteiger partial charge in [-0.1, -0.05) is 0 Å². The summed E-state index contributed by atoms with van der Waals surface area (Å²) in [5.74, 6) is -1.98. The van der Waals surface area contributed by atoms with E-state index in [2.05, 4.69) is 20.7 Å². The van der Waals surface area contributed by atoms with E-state index in [4.69, 9.17) is 5.73 Å². The second kappa shape index (κ2) is 6.55. The molecule has 0 aliphatic carbocycles. The van der Waals surface area contributed by atoms with E-state index in [1.165, 1.54) is 0 Å². The topological polar surface area (TPSA) is 72.2 Å². The van der Waals surface area contributed by atoms with Crippen LogP contribution in [0.4, 0.5) is 8.78 Å². The molecular formula is C10H13BrF2N2O2S. The van der Waals surface area contributed by atoms with Gasteiger partial charge in [0.05, 0.1) is 4.47 Å². The standard InChI is InChI=1S/C10H13BrF2N2O2S/c11-7-5-10(9(13)6-8(7)12)18(16,17)15-4-2-1-3-14/h5-6,15H,1-4,14H2. The summed E-state index contributed by atoms with van der Waals surface area (Å²) in [5.41, 5.74) is 5.26. The Morgan fingerprint density at radius 3 is 2.50 bits per heavy atom. The molecule has 18 heavy (non-hydrogen) atoms. The van der Waals surface area contributed by atoms with Gasteiger partial charge in [0, 0.05) is 12.6 Å². The molecule has 0 unspecified atom stereocenters. The Hall–Kier alpha value is -0.570. The second-order valence-corrected chi connectivity index (χ2v) is 6.18. The minimum atomic E-state index is -3.97. The molecule has 0 saturated carbocycles. The molecule has 0 radical (unpaired) electrons. The first-order valence-corrected chi connectivity index (χ1v) is 7.50. The fraction of sp³-hybridized carbons (Fsp3) is 0.400. The fourth-order valence-corrected chi connectivity index (χ4v) is 2.92. The largest absolute Gasteiger partial charge is 0.330 e. The van der Waals surface area contributed by atoms with Crippen LogP contribution in [-0.2, 0) is 10.0 Å². The molecule has 4 nitrogen and oxygen atoms in total. The highest BCUT2D eigenvalue weighted by Gasteiger charge is 2.20. The van der Waals surface area contributed by atoms with Gasteiger partial charge in [-0.2, -0.15) is 0 Å². The molecule has 0 fully saturated rings. The van der Waals surface area contributed by atoms with E-state index in [0.717, 1.165) is 6.07 Å². The van der Waals surface area contributed by atoms with Crippen molar-refractivity contribution in [1.82, 2.24) is 4.72 Å². The number of rotatable bonds is 6. The first kappa shape index (κ1) is 15.5. The van der Waals surface area contributed by atoms with Crippen LogP contribution in [0.25, 0.3) is 0 Å². The third kappa shape index (κ3) is 3.98. The minimum absolute atomic E-state index is 0.105. The molecule has 0 aliphatic rings. The van der Waals surface area contributed by atoms with E-state index in [1.807, 2.05) is 0 Å². The average molecular weight is 343 g/mol. The van der Waals surface area contributed by atoms with Crippen LogP contribution in [0, 0.1) is 11.6 Å². The van der Waals surface area contributed by atoms with Gasteiger partial charge in [-0.3, -0.25) is 0 Å². The van der Waals surface area contributed by atoms with E-state index >= 15 is 0 Å². The van der Waals surface area contributed by atoms with Crippen molar-refractivity contribution in [3.05, 3.63) is 28.2 Å². The summed E-state index contributed by atoms with van der Waals surface area (Å²) in [5, 5.41) is 0. The molecule has 0 heterocycles. The van der Waals surface area contributed by atoms with Gasteiger partial charge < -0.3 is 5.73 Å². The number of nitrogens with two attached hydrogens (primary N) is 1. The van der Waals surface area contributed by atoms with E-state index < -0.39 is 26.6 Å². The molecule has 8 heteroatoms. The van der Waals surface area contributed by atoms with Crippen molar-refractivity contribution in [3.63, 3.8) is 0 Å². The molecule has 0 amide bonds. The van der Waals surface area contributed by atoms with Crippen LogP contribution < -0.4 is 10.5 Å². The predicted octanol–water partition coefficient (Wildman–Crippen LogP) is 1.74. The highest BCUT2D eigenvalue weighted by molar-refractivity contribution is 9.10. The molecular weight excluding hydrogens is 330 g/mol. The van der Waals surface area contributed by atoms with Crippen LogP contribution in [-0.4, -0.2) is 21.5 Å². The van der Waals surface area contributed by atoms with Crippen LogP contribution in [0.3, 0.4) is 0 Å². The van der Waals surface area contributed by atoms with Crippen molar-refractivity contribution in [1.29, 1.82) is 0 Å². The first-order chi connectivity index (χ1) is 8.38. The smallest absolute Gasteiger partial charge is 0.243 e. The van der Waals surface area contributed by atoms with Crippen molar-refractivity contribution >= 4 is 26.0 Å². The van der Waals surface area contributed by atoms with Gasteiger partial charge in [0.2, 0.25) is 10.0 Å². The van der Waals surface area contributed by atoms with Crippen molar-refractivity contribution < 1.29 is 17.2 Å². The Bertz CT molecular complexity index is 523. The Morgan fingerprint density at radius 2 is 1.89 bits per heavy atom. The third-order valence-electron chi connectivity index (χ3n) is 2.19. The van der Waals surface area contributed by atoms with Gasteiger partial charge in [0.25, 0.3) is 0 Å². The number of sulfonamides is 1. The molecule has 0 bridgehead atoms. The van der Waals surface area contributed by atoms with E-state index in [0.29, 0.717) is 25.5 Å². The van der Waals surface area contributed by atoms with Gasteiger partial charge in [0.15, 0.2) is 0 Å². The highest BCUT2D eigenvalue weighted by Crippen LogP contribution is 2.23. The summed E-state index contributed by atoms with van der Waals surface area (Å²) in [6.45, 7) is 0.617. The maximum absolute atomic E-state index is 13.4. The molecule has 0 atom stereocenters. The lowest BCUT2D eigenvalue weighted by Crippen LogP contribution is -2.26. The number of benzene rings is 1. The zero-order valence-electron chi connectivity index (χ0n) is 9.42. The zero-order chi connectivity index (χ0) is 13.8. The lowest BCUT2D eigenvalue weighted by molar-refractivity contribution is 0.539. The summed E-state index contributed by atoms with van der Waals surface area (Å²) >= 11 is 2.82. The SMILES string of the molecule is NCCCCNS(=O)(=O)c1cc(Br)c(F)cc1F. The highest BCUT2D eigenvalue weighted by atomic mass is 79.9. The molecule has 102 valence electrons. The summed E-state index contributed by atoms with van der Waals surface area (Å²) in [7, 11) is -3.97. The number of halogens is 3. The molecule has 1 aromatic rings. The van der Waals surface area contributed by atoms with Crippen molar-refractivity contribution in [2.75, 3.05) is 13.1 Å². The van der Waals surface area contributed by atoms with Crippen LogP contribution in [0.2, 0.25) is 0 Å². The van der Waals surface area contributed by atoms with Crippen LogP contribution in [0.15, 0.2) is 21.5 Å². The van der Waals surface area contributed by atoms with Crippen molar-refractivity contribution in [2.45, 2.75) is 17.7 Å². The number of nitrogens with one attached hydrogen (secondary N) is 1. The molecule has 3 N–H and O–H groups in total. The summed E-state index contributed by atoms with van der Waals surface area (Å²) in [4.78, 5) is -0.580. The van der Waals surface area contributed by atoms with Gasteiger partial charge in [-0.15, -0.1) is 0 Å². The van der Waals surface area contributed by atoms with Crippen molar-refractivity contribution in [2.24, 2.45) is 5.73 Å². The van der Waals surface area contributed by atoms with Gasteiger partial charge in [0.1, 0.15) is 16.5 Å². The van der Waals surface area contributed by atoms with E-state index in [1.54, 1.807) is 0 Å². The molecule has 0 saturated heterocycles. The van der Waals surface area contributed by atoms with Gasteiger partial charge >= 0.3 is 0 Å². The zero-order valence-corrected chi connectivity index (χ0v) is 11.8. The third-order valence-corrected chi connectivity index (χ3v) is 4.27. The maximum Gasteiger partial charge on any atom is 0.243 e. The number of hydrogen-bond donors (Lipinski definition) is 2. The fourth-order valence-electron chi connectivity index (χ4n) is 1.26. The van der Waals surface area contributed by atoms with Crippen molar-refractivity contribution in [3.8, 4) is 0 Å². The van der Waals surface area contributed by atoms with Gasteiger partial charge in [-0.05, 0) is 41.4 Å². The normalized spacial score (nSPS) is 11.8. The molecule has 0 aliphatic heterocycles. The maximum atomic E-state index is 13.4. The van der Waals surface area contributed by atoms with Crippen LogP contribution in [0.5, 0.6) is 0 Å². The summed E-state index contributed by atoms with van der Waals surface area (Å²) in [6.07, 6.45) is 1.22. The average Bonchev–Trinajstić information content (AvgIpc) is 2.29. The predicted molar refractivity (Wildman–Crippen MR) is 67.5 cm³/mol. The Kier molecular flexibility index (Phi) is 5.64. The first-order valence-electron chi connectivity index (χ1n) is 5.23.